The largest absolute Gasteiger partial charge is 0.348 e. The van der Waals surface area contributed by atoms with E-state index in [4.69, 9.17) is 0 Å². The van der Waals surface area contributed by atoms with Gasteiger partial charge in [-0.1, -0.05) is 24.3 Å². The molecule has 0 bridgehead atoms. The van der Waals surface area contributed by atoms with Gasteiger partial charge in [0.15, 0.2) is 0 Å². The Balaban J connectivity index is 1.63. The van der Waals surface area contributed by atoms with Crippen molar-refractivity contribution >= 4 is 11.9 Å². The van der Waals surface area contributed by atoms with Gasteiger partial charge < -0.3 is 15.5 Å². The van der Waals surface area contributed by atoms with E-state index in [1.807, 2.05) is 36.9 Å². The van der Waals surface area contributed by atoms with Crippen molar-refractivity contribution in [2.24, 2.45) is 0 Å². The van der Waals surface area contributed by atoms with Crippen molar-refractivity contribution in [1.82, 2.24) is 15.5 Å². The minimum Gasteiger partial charge on any atom is -0.348 e. The molecule has 0 aliphatic carbocycles. The number of rotatable bonds is 5. The first-order valence-electron chi connectivity index (χ1n) is 10.1. The molecule has 2 N–H and O–H groups in total. The van der Waals surface area contributed by atoms with Gasteiger partial charge in [0.05, 0.1) is 0 Å². The second-order valence-corrected chi connectivity index (χ2v) is 7.83. The van der Waals surface area contributed by atoms with E-state index < -0.39 is 0 Å². The third-order valence-corrected chi connectivity index (χ3v) is 5.08. The van der Waals surface area contributed by atoms with Crippen LogP contribution >= 0.6 is 0 Å². The van der Waals surface area contributed by atoms with Crippen molar-refractivity contribution < 1.29 is 14.0 Å². The Morgan fingerprint density at radius 2 is 1.97 bits per heavy atom. The molecule has 1 atom stereocenters. The highest BCUT2D eigenvalue weighted by Crippen LogP contribution is 2.27. The lowest BCUT2D eigenvalue weighted by Crippen LogP contribution is -2.47. The molecule has 1 aliphatic rings. The summed E-state index contributed by atoms with van der Waals surface area (Å²) in [6, 6.07) is 13.8. The number of amides is 3. The molecular formula is C23H28FN3O2. The molecule has 0 spiro atoms. The summed E-state index contributed by atoms with van der Waals surface area (Å²) in [5, 5.41) is 5.79. The smallest absolute Gasteiger partial charge is 0.317 e. The molecule has 0 saturated carbocycles. The predicted octanol–water partition coefficient (Wildman–Crippen LogP) is 4.05. The lowest BCUT2D eigenvalue weighted by atomic mass is 9.89. The average Bonchev–Trinajstić information content (AvgIpc) is 2.72. The van der Waals surface area contributed by atoms with Gasteiger partial charge >= 0.3 is 6.03 Å². The summed E-state index contributed by atoms with van der Waals surface area (Å²) in [5.74, 6) is -0.305. The topological polar surface area (TPSA) is 61.4 Å². The van der Waals surface area contributed by atoms with Crippen LogP contribution in [0.3, 0.4) is 0 Å². The zero-order valence-corrected chi connectivity index (χ0v) is 17.0. The molecule has 3 amide bonds. The second kappa shape index (κ2) is 9.54. The molecule has 0 unspecified atom stereocenters. The number of hydrogen-bond acceptors (Lipinski definition) is 2. The molecule has 154 valence electrons. The molecule has 29 heavy (non-hydrogen) atoms. The molecule has 1 fully saturated rings. The first kappa shape index (κ1) is 20.8. The Hall–Kier alpha value is -2.89. The van der Waals surface area contributed by atoms with E-state index in [1.54, 1.807) is 18.2 Å². The van der Waals surface area contributed by atoms with Crippen LogP contribution < -0.4 is 10.6 Å². The molecule has 6 heteroatoms. The minimum absolute atomic E-state index is 0.0336. The van der Waals surface area contributed by atoms with Crippen LogP contribution in [0.2, 0.25) is 0 Å². The highest BCUT2D eigenvalue weighted by atomic mass is 19.1. The van der Waals surface area contributed by atoms with E-state index in [-0.39, 0.29) is 36.3 Å². The molecule has 3 rings (SSSR count). The van der Waals surface area contributed by atoms with Crippen molar-refractivity contribution in [3.63, 3.8) is 0 Å². The van der Waals surface area contributed by atoms with Gasteiger partial charge in [0.25, 0.3) is 5.91 Å². The fourth-order valence-corrected chi connectivity index (χ4v) is 3.64. The summed E-state index contributed by atoms with van der Waals surface area (Å²) in [5.41, 5.74) is 2.35. The van der Waals surface area contributed by atoms with Gasteiger partial charge in [0, 0.05) is 37.2 Å². The second-order valence-electron chi connectivity index (χ2n) is 7.83. The Kier molecular flexibility index (Phi) is 6.86. The highest BCUT2D eigenvalue weighted by Gasteiger charge is 2.25. The van der Waals surface area contributed by atoms with Gasteiger partial charge in [-0.15, -0.1) is 0 Å². The van der Waals surface area contributed by atoms with Crippen LogP contribution in [0.5, 0.6) is 0 Å². The summed E-state index contributed by atoms with van der Waals surface area (Å²) in [6.07, 6.45) is 1.92. The van der Waals surface area contributed by atoms with Crippen LogP contribution in [0.15, 0.2) is 48.5 Å². The van der Waals surface area contributed by atoms with Crippen molar-refractivity contribution in [1.29, 1.82) is 0 Å². The summed E-state index contributed by atoms with van der Waals surface area (Å²) >= 11 is 0. The number of benzene rings is 2. The average molecular weight is 397 g/mol. The predicted molar refractivity (Wildman–Crippen MR) is 111 cm³/mol. The number of carbonyl (C=O) groups is 2. The number of piperidine rings is 1. The number of nitrogens with zero attached hydrogens (tertiary/aromatic N) is 1. The first-order valence-corrected chi connectivity index (χ1v) is 10.1. The van der Waals surface area contributed by atoms with E-state index in [1.165, 1.54) is 12.1 Å². The zero-order chi connectivity index (χ0) is 20.8. The van der Waals surface area contributed by atoms with E-state index in [9.17, 15) is 14.0 Å². The third kappa shape index (κ3) is 5.79. The fourth-order valence-electron chi connectivity index (χ4n) is 3.64. The van der Waals surface area contributed by atoms with E-state index in [0.717, 1.165) is 24.9 Å². The molecule has 1 heterocycles. The van der Waals surface area contributed by atoms with Crippen LogP contribution in [-0.4, -0.2) is 36.0 Å². The molecule has 0 radical (unpaired) electrons. The number of nitrogens with one attached hydrogen (secondary N) is 2. The maximum absolute atomic E-state index is 13.3. The van der Waals surface area contributed by atoms with Crippen LogP contribution in [0.25, 0.3) is 0 Å². The van der Waals surface area contributed by atoms with Gasteiger partial charge in [0.1, 0.15) is 5.82 Å². The third-order valence-electron chi connectivity index (χ3n) is 5.08. The Morgan fingerprint density at radius 3 is 2.72 bits per heavy atom. The van der Waals surface area contributed by atoms with Crippen molar-refractivity contribution in [3.8, 4) is 0 Å². The SMILES string of the molecule is CC(C)NC(=O)N1CCC[C@@H](c2cccc(C(=O)NCc3cccc(F)c3)c2)C1. The lowest BCUT2D eigenvalue weighted by Gasteiger charge is -2.33. The Morgan fingerprint density at radius 1 is 1.17 bits per heavy atom. The quantitative estimate of drug-likeness (QED) is 0.800. The summed E-state index contributed by atoms with van der Waals surface area (Å²) < 4.78 is 13.3. The van der Waals surface area contributed by atoms with Crippen LogP contribution in [0.4, 0.5) is 9.18 Å². The van der Waals surface area contributed by atoms with Crippen molar-refractivity contribution in [2.75, 3.05) is 13.1 Å². The van der Waals surface area contributed by atoms with Gasteiger partial charge in [0.2, 0.25) is 0 Å². The lowest BCUT2D eigenvalue weighted by molar-refractivity contribution is 0.0950. The fraction of sp³-hybridized carbons (Fsp3) is 0.391. The summed E-state index contributed by atoms with van der Waals surface area (Å²) in [4.78, 5) is 26.7. The number of halogens is 1. The van der Waals surface area contributed by atoms with Gasteiger partial charge in [-0.3, -0.25) is 4.79 Å². The van der Waals surface area contributed by atoms with E-state index >= 15 is 0 Å². The standard InChI is InChI=1S/C23H28FN3O2/c1-16(2)26-23(29)27-11-5-9-20(15-27)18-7-4-8-19(13-18)22(28)25-14-17-6-3-10-21(24)12-17/h3-4,6-8,10,12-13,16,20H,5,9,11,14-15H2,1-2H3,(H,25,28)(H,26,29)/t20-/m1/s1. The number of likely N-dealkylation sites (tertiary alicyclic amines) is 1. The summed E-state index contributed by atoms with van der Waals surface area (Å²) in [6.45, 7) is 5.57. The maximum Gasteiger partial charge on any atom is 0.317 e. The van der Waals surface area contributed by atoms with E-state index in [0.29, 0.717) is 17.7 Å². The zero-order valence-electron chi connectivity index (χ0n) is 17.0. The maximum atomic E-state index is 13.3. The van der Waals surface area contributed by atoms with Crippen LogP contribution in [0, 0.1) is 5.82 Å². The van der Waals surface area contributed by atoms with Crippen LogP contribution in [0.1, 0.15) is 54.1 Å². The molecule has 1 aliphatic heterocycles. The highest BCUT2D eigenvalue weighted by molar-refractivity contribution is 5.94. The molecule has 2 aromatic rings. The molecule has 5 nitrogen and oxygen atoms in total. The Bertz CT molecular complexity index is 869. The number of hydrogen-bond donors (Lipinski definition) is 2. The molecule has 1 saturated heterocycles. The van der Waals surface area contributed by atoms with Gasteiger partial charge in [-0.25, -0.2) is 9.18 Å². The van der Waals surface area contributed by atoms with E-state index in [2.05, 4.69) is 10.6 Å². The van der Waals surface area contributed by atoms with Crippen molar-refractivity contribution in [2.45, 2.75) is 45.2 Å². The monoisotopic (exact) mass is 397 g/mol. The number of urea groups is 1. The van der Waals surface area contributed by atoms with Crippen LogP contribution in [-0.2, 0) is 6.54 Å². The minimum atomic E-state index is -0.317. The van der Waals surface area contributed by atoms with Crippen molar-refractivity contribution in [3.05, 3.63) is 71.0 Å². The molecule has 2 aromatic carbocycles. The first-order chi connectivity index (χ1) is 13.9. The molecular weight excluding hydrogens is 369 g/mol. The number of carbonyl (C=O) groups excluding carboxylic acids is 2. The molecule has 0 aromatic heterocycles. The summed E-state index contributed by atoms with van der Waals surface area (Å²) in [7, 11) is 0. The van der Waals surface area contributed by atoms with Gasteiger partial charge in [-0.05, 0) is 62.1 Å². The Labute approximate surface area is 171 Å². The van der Waals surface area contributed by atoms with Gasteiger partial charge in [-0.2, -0.15) is 0 Å². The normalized spacial score (nSPS) is 16.6.